The summed E-state index contributed by atoms with van der Waals surface area (Å²) < 4.78 is 5.33. The molecule has 2 heterocycles. The Morgan fingerprint density at radius 3 is 2.41 bits per heavy atom. The second-order valence-corrected chi connectivity index (χ2v) is 10.4. The van der Waals surface area contributed by atoms with Gasteiger partial charge in [-0.2, -0.15) is 0 Å². The van der Waals surface area contributed by atoms with Crippen molar-refractivity contribution in [1.29, 1.82) is 0 Å². The van der Waals surface area contributed by atoms with Crippen molar-refractivity contribution in [1.82, 2.24) is 14.7 Å². The summed E-state index contributed by atoms with van der Waals surface area (Å²) >= 11 is 12.3. The average molecular weight is 571 g/mol. The minimum absolute atomic E-state index is 0.0260. The van der Waals surface area contributed by atoms with Crippen molar-refractivity contribution in [2.45, 2.75) is 26.2 Å². The number of amides is 2. The summed E-state index contributed by atoms with van der Waals surface area (Å²) in [6.45, 7) is 6.98. The van der Waals surface area contributed by atoms with E-state index in [9.17, 15) is 14.4 Å². The van der Waals surface area contributed by atoms with E-state index in [1.165, 1.54) is 4.90 Å². The average Bonchev–Trinajstić information content (AvgIpc) is 2.93. The molecule has 1 saturated heterocycles. The van der Waals surface area contributed by atoms with Crippen molar-refractivity contribution in [2.24, 2.45) is 0 Å². The maximum Gasteiger partial charge on any atom is 0.336 e. The van der Waals surface area contributed by atoms with Crippen LogP contribution < -0.4 is 0 Å². The van der Waals surface area contributed by atoms with Gasteiger partial charge in [0.15, 0.2) is 0 Å². The predicted molar refractivity (Wildman–Crippen MR) is 153 cm³/mol. The Morgan fingerprint density at radius 2 is 1.74 bits per heavy atom. The number of nitrogens with zero attached hydrogens (tertiary/aromatic N) is 3. The van der Waals surface area contributed by atoms with Crippen LogP contribution in [0.15, 0.2) is 65.9 Å². The number of carbonyl (C=O) groups is 3. The van der Waals surface area contributed by atoms with Crippen LogP contribution in [-0.4, -0.2) is 78.4 Å². The number of esters is 1. The Morgan fingerprint density at radius 1 is 1.03 bits per heavy atom. The third-order valence-corrected chi connectivity index (χ3v) is 7.90. The van der Waals surface area contributed by atoms with Crippen molar-refractivity contribution in [3.63, 3.8) is 0 Å². The minimum atomic E-state index is -0.537. The number of hydrogen-bond acceptors (Lipinski definition) is 5. The van der Waals surface area contributed by atoms with Crippen LogP contribution in [0.5, 0.6) is 0 Å². The second kappa shape index (κ2) is 13.3. The van der Waals surface area contributed by atoms with Crippen molar-refractivity contribution in [3.05, 3.63) is 87.0 Å². The van der Waals surface area contributed by atoms with Gasteiger partial charge < -0.3 is 14.5 Å². The molecule has 2 aliphatic heterocycles. The monoisotopic (exact) mass is 569 g/mol. The minimum Gasteiger partial charge on any atom is -0.463 e. The number of carbonyl (C=O) groups excluding carboxylic acids is 3. The molecule has 1 unspecified atom stereocenters. The van der Waals surface area contributed by atoms with Gasteiger partial charge in [0.25, 0.3) is 0 Å². The lowest BCUT2D eigenvalue weighted by atomic mass is 9.83. The summed E-state index contributed by atoms with van der Waals surface area (Å²) in [5.41, 5.74) is 2.64. The molecule has 0 spiro atoms. The van der Waals surface area contributed by atoms with Crippen LogP contribution in [-0.2, 0) is 19.1 Å². The van der Waals surface area contributed by atoms with Crippen LogP contribution >= 0.6 is 23.2 Å². The molecular weight excluding hydrogens is 537 g/mol. The van der Waals surface area contributed by atoms with Gasteiger partial charge in [-0.15, -0.1) is 0 Å². The van der Waals surface area contributed by atoms with E-state index in [1.54, 1.807) is 36.9 Å². The highest BCUT2D eigenvalue weighted by atomic mass is 35.5. The zero-order valence-corrected chi connectivity index (χ0v) is 23.8. The summed E-state index contributed by atoms with van der Waals surface area (Å²) in [7, 11) is 0. The number of halogens is 2. The third-order valence-electron chi connectivity index (χ3n) is 7.16. The lowest BCUT2D eigenvalue weighted by Gasteiger charge is -2.37. The van der Waals surface area contributed by atoms with Gasteiger partial charge in [-0.05, 0) is 37.1 Å². The quantitative estimate of drug-likeness (QED) is 0.418. The molecule has 2 amide bonds. The molecule has 4 rings (SSSR count). The van der Waals surface area contributed by atoms with Gasteiger partial charge >= 0.3 is 5.97 Å². The van der Waals surface area contributed by atoms with Crippen LogP contribution in [0.1, 0.15) is 37.3 Å². The van der Waals surface area contributed by atoms with Crippen molar-refractivity contribution in [3.8, 4) is 0 Å². The first kappa shape index (κ1) is 28.9. The maximum atomic E-state index is 13.3. The summed E-state index contributed by atoms with van der Waals surface area (Å²) in [5.74, 6) is -1.41. The highest BCUT2D eigenvalue weighted by Crippen LogP contribution is 2.39. The molecule has 0 bridgehead atoms. The van der Waals surface area contributed by atoms with E-state index in [-0.39, 0.29) is 31.4 Å². The fraction of sp³-hybridized carbons (Fsp3) is 0.367. The summed E-state index contributed by atoms with van der Waals surface area (Å²) in [6, 6.07) is 15.2. The maximum absolute atomic E-state index is 13.3. The number of rotatable bonds is 8. The van der Waals surface area contributed by atoms with Crippen LogP contribution in [0.2, 0.25) is 10.0 Å². The van der Waals surface area contributed by atoms with E-state index in [4.69, 9.17) is 27.9 Å². The lowest BCUT2D eigenvalue weighted by molar-refractivity contribution is -0.143. The summed E-state index contributed by atoms with van der Waals surface area (Å²) in [4.78, 5) is 45.0. The molecule has 39 heavy (non-hydrogen) atoms. The molecule has 206 valence electrons. The Hall–Kier alpha value is -3.13. The first-order valence-corrected chi connectivity index (χ1v) is 13.9. The van der Waals surface area contributed by atoms with Gasteiger partial charge in [0, 0.05) is 50.8 Å². The van der Waals surface area contributed by atoms with Crippen LogP contribution in [0.25, 0.3) is 6.08 Å². The van der Waals surface area contributed by atoms with Gasteiger partial charge in [0.2, 0.25) is 11.8 Å². The highest BCUT2D eigenvalue weighted by Gasteiger charge is 2.38. The first-order valence-electron chi connectivity index (χ1n) is 13.1. The van der Waals surface area contributed by atoms with Crippen LogP contribution in [0.3, 0.4) is 0 Å². The van der Waals surface area contributed by atoms with E-state index in [2.05, 4.69) is 29.2 Å². The number of allylic oxidation sites excluding steroid dienone is 1. The Kier molecular flexibility index (Phi) is 9.83. The largest absolute Gasteiger partial charge is 0.463 e. The topological polar surface area (TPSA) is 70.2 Å². The molecule has 1 atom stereocenters. The fourth-order valence-electron chi connectivity index (χ4n) is 5.01. The van der Waals surface area contributed by atoms with Crippen molar-refractivity contribution < 1.29 is 19.1 Å². The van der Waals surface area contributed by atoms with E-state index in [0.29, 0.717) is 40.0 Å². The second-order valence-electron chi connectivity index (χ2n) is 9.62. The number of benzene rings is 2. The molecule has 0 saturated carbocycles. The molecule has 0 radical (unpaired) electrons. The molecule has 7 nitrogen and oxygen atoms in total. The van der Waals surface area contributed by atoms with E-state index < -0.39 is 11.9 Å². The smallest absolute Gasteiger partial charge is 0.336 e. The summed E-state index contributed by atoms with van der Waals surface area (Å²) in [5, 5.41) is 0.732. The zero-order chi connectivity index (χ0) is 27.9. The van der Waals surface area contributed by atoms with Crippen LogP contribution in [0.4, 0.5) is 0 Å². The van der Waals surface area contributed by atoms with Gasteiger partial charge in [-0.3, -0.25) is 14.5 Å². The predicted octanol–water partition coefficient (Wildman–Crippen LogP) is 5.00. The molecule has 0 aromatic heterocycles. The SMILES string of the molecule is CCOC(=O)C1=C(C)N(CC(=O)N2CCN(C/C=C/c3ccccc3)CC2)C(=O)CC1c1ccc(Cl)c(Cl)c1. The van der Waals surface area contributed by atoms with Crippen molar-refractivity contribution >= 4 is 47.1 Å². The molecule has 9 heteroatoms. The van der Waals surface area contributed by atoms with E-state index >= 15 is 0 Å². The van der Waals surface area contributed by atoms with E-state index in [0.717, 1.165) is 25.2 Å². The normalized spacial score (nSPS) is 18.7. The summed E-state index contributed by atoms with van der Waals surface area (Å²) in [6.07, 6.45) is 4.26. The molecule has 0 aliphatic carbocycles. The standard InChI is InChI=1S/C30H33Cl2N3O4/c1-3-39-30(38)29-21(2)35(27(36)19-24(29)23-11-12-25(31)26(32)18-23)20-28(37)34-16-14-33(15-17-34)13-7-10-22-8-5-4-6-9-22/h4-12,18,24H,3,13-17,19-20H2,1-2H3/b10-7+. The number of piperazine rings is 1. The fourth-order valence-corrected chi connectivity index (χ4v) is 5.31. The zero-order valence-electron chi connectivity index (χ0n) is 22.2. The molecule has 2 aliphatic rings. The molecule has 2 aromatic rings. The van der Waals surface area contributed by atoms with Gasteiger partial charge in [-0.25, -0.2) is 4.79 Å². The molecule has 1 fully saturated rings. The highest BCUT2D eigenvalue weighted by molar-refractivity contribution is 6.42. The Labute approximate surface area is 239 Å². The van der Waals surface area contributed by atoms with Gasteiger partial charge in [0.1, 0.15) is 6.54 Å². The molecule has 0 N–H and O–H groups in total. The Bertz CT molecular complexity index is 1270. The number of ether oxygens (including phenoxy) is 1. The third kappa shape index (κ3) is 7.10. The molecule has 2 aromatic carbocycles. The van der Waals surface area contributed by atoms with Crippen LogP contribution in [0, 0.1) is 0 Å². The first-order chi connectivity index (χ1) is 18.8. The Balaban J connectivity index is 1.42. The lowest BCUT2D eigenvalue weighted by Crippen LogP contribution is -2.52. The van der Waals surface area contributed by atoms with Crippen molar-refractivity contribution in [2.75, 3.05) is 45.9 Å². The van der Waals surface area contributed by atoms with Gasteiger partial charge in [-0.1, -0.05) is 71.8 Å². The van der Waals surface area contributed by atoms with Gasteiger partial charge in [0.05, 0.1) is 22.2 Å². The number of hydrogen-bond donors (Lipinski definition) is 0. The van der Waals surface area contributed by atoms with E-state index in [1.807, 2.05) is 18.2 Å². The molecular formula is C30H33Cl2N3O4.